The molecule has 0 saturated carbocycles. The summed E-state index contributed by atoms with van der Waals surface area (Å²) in [6.07, 6.45) is 6.46. The normalized spacial score (nSPS) is 10.6. The van der Waals surface area contributed by atoms with Gasteiger partial charge in [0, 0.05) is 4.90 Å². The van der Waals surface area contributed by atoms with Crippen LogP contribution in [0.2, 0.25) is 0 Å². The molecule has 1 nitrogen and oxygen atoms in total. The van der Waals surface area contributed by atoms with Crippen molar-refractivity contribution in [3.8, 4) is 5.75 Å². The second-order valence-corrected chi connectivity index (χ2v) is 6.24. The standard InChI is InChI=1S/C19H24OS/c1-3-4-5-6-9-17-11-13-19(14-12-17)21-20-18-10-7-8-16(2)15-18/h7-8,10-15H,3-6,9H2,1-2H3. The Kier molecular flexibility index (Phi) is 6.68. The molecule has 0 fully saturated rings. The summed E-state index contributed by atoms with van der Waals surface area (Å²) < 4.78 is 5.74. The van der Waals surface area contributed by atoms with Gasteiger partial charge < -0.3 is 4.18 Å². The van der Waals surface area contributed by atoms with Crippen molar-refractivity contribution in [3.05, 3.63) is 59.7 Å². The molecule has 0 spiro atoms. The zero-order valence-corrected chi connectivity index (χ0v) is 13.8. The summed E-state index contributed by atoms with van der Waals surface area (Å²) >= 11 is 1.42. The molecule has 0 aliphatic carbocycles. The van der Waals surface area contributed by atoms with Crippen LogP contribution in [0.5, 0.6) is 5.75 Å². The van der Waals surface area contributed by atoms with Gasteiger partial charge in [-0.2, -0.15) is 0 Å². The average molecular weight is 300 g/mol. The van der Waals surface area contributed by atoms with Crippen LogP contribution in [0, 0.1) is 6.92 Å². The highest BCUT2D eigenvalue weighted by Gasteiger charge is 1.99. The van der Waals surface area contributed by atoms with Crippen LogP contribution in [-0.4, -0.2) is 0 Å². The van der Waals surface area contributed by atoms with Crippen molar-refractivity contribution in [1.82, 2.24) is 0 Å². The summed E-state index contributed by atoms with van der Waals surface area (Å²) in [4.78, 5) is 1.15. The molecule has 2 aromatic rings. The van der Waals surface area contributed by atoms with Gasteiger partial charge in [-0.3, -0.25) is 0 Å². The number of aryl methyl sites for hydroxylation is 2. The molecule has 0 atom stereocenters. The third-order valence-corrected chi connectivity index (χ3v) is 4.21. The molecular weight excluding hydrogens is 276 g/mol. The molecule has 0 amide bonds. The fraction of sp³-hybridized carbons (Fsp3) is 0.368. The SMILES string of the molecule is CCCCCCc1ccc(SOc2cccc(C)c2)cc1. The van der Waals surface area contributed by atoms with Crippen LogP contribution in [0.1, 0.15) is 43.7 Å². The summed E-state index contributed by atoms with van der Waals surface area (Å²) in [7, 11) is 0. The minimum Gasteiger partial charge on any atom is -0.421 e. The molecule has 0 unspecified atom stereocenters. The Hall–Kier alpha value is -1.41. The number of hydrogen-bond donors (Lipinski definition) is 0. The minimum absolute atomic E-state index is 0.906. The lowest BCUT2D eigenvalue weighted by atomic mass is 10.1. The molecule has 2 aromatic carbocycles. The molecule has 2 heteroatoms. The molecule has 112 valence electrons. The van der Waals surface area contributed by atoms with E-state index in [-0.39, 0.29) is 0 Å². The van der Waals surface area contributed by atoms with Crippen LogP contribution in [0.15, 0.2) is 53.4 Å². The molecular formula is C19H24OS. The lowest BCUT2D eigenvalue weighted by Crippen LogP contribution is -1.87. The molecule has 0 aliphatic rings. The van der Waals surface area contributed by atoms with E-state index in [1.165, 1.54) is 55.3 Å². The molecule has 0 bridgehead atoms. The zero-order chi connectivity index (χ0) is 14.9. The molecule has 2 rings (SSSR count). The monoisotopic (exact) mass is 300 g/mol. The second-order valence-electron chi connectivity index (χ2n) is 5.44. The Balaban J connectivity index is 1.79. The number of benzene rings is 2. The van der Waals surface area contributed by atoms with Gasteiger partial charge in [0.05, 0.1) is 12.0 Å². The van der Waals surface area contributed by atoms with Crippen LogP contribution < -0.4 is 4.18 Å². The Morgan fingerprint density at radius 3 is 2.48 bits per heavy atom. The van der Waals surface area contributed by atoms with E-state index in [9.17, 15) is 0 Å². The van der Waals surface area contributed by atoms with E-state index in [1.54, 1.807) is 0 Å². The maximum absolute atomic E-state index is 5.74. The van der Waals surface area contributed by atoms with Gasteiger partial charge in [0.2, 0.25) is 0 Å². The molecule has 0 saturated heterocycles. The second kappa shape index (κ2) is 8.78. The largest absolute Gasteiger partial charge is 0.421 e. The Morgan fingerprint density at radius 1 is 0.952 bits per heavy atom. The number of unbranched alkanes of at least 4 members (excludes halogenated alkanes) is 3. The molecule has 21 heavy (non-hydrogen) atoms. The van der Waals surface area contributed by atoms with Crippen LogP contribution in [0.4, 0.5) is 0 Å². The Labute approximate surface area is 132 Å². The highest BCUT2D eigenvalue weighted by molar-refractivity contribution is 7.95. The number of rotatable bonds is 8. The quantitative estimate of drug-likeness (QED) is 0.424. The zero-order valence-electron chi connectivity index (χ0n) is 13.0. The maximum atomic E-state index is 5.74. The van der Waals surface area contributed by atoms with E-state index in [2.05, 4.69) is 50.2 Å². The van der Waals surface area contributed by atoms with Crippen molar-refractivity contribution < 1.29 is 4.18 Å². The van der Waals surface area contributed by atoms with E-state index < -0.39 is 0 Å². The Bertz CT molecular complexity index is 534. The predicted octanol–water partition coefficient (Wildman–Crippen LogP) is 6.20. The average Bonchev–Trinajstić information content (AvgIpc) is 2.51. The lowest BCUT2D eigenvalue weighted by molar-refractivity contribution is 0.645. The van der Waals surface area contributed by atoms with Crippen molar-refractivity contribution in [2.75, 3.05) is 0 Å². The van der Waals surface area contributed by atoms with E-state index in [0.717, 1.165) is 10.6 Å². The first-order valence-corrected chi connectivity index (χ1v) is 8.52. The van der Waals surface area contributed by atoms with Gasteiger partial charge in [-0.15, -0.1) is 0 Å². The lowest BCUT2D eigenvalue weighted by Gasteiger charge is -2.06. The molecule has 0 aliphatic heterocycles. The highest BCUT2D eigenvalue weighted by atomic mass is 32.2. The van der Waals surface area contributed by atoms with Crippen molar-refractivity contribution in [1.29, 1.82) is 0 Å². The highest BCUT2D eigenvalue weighted by Crippen LogP contribution is 2.24. The third kappa shape index (κ3) is 5.84. The Morgan fingerprint density at radius 2 is 1.76 bits per heavy atom. The van der Waals surface area contributed by atoms with Gasteiger partial charge >= 0.3 is 0 Å². The third-order valence-electron chi connectivity index (χ3n) is 3.47. The van der Waals surface area contributed by atoms with Crippen molar-refractivity contribution >= 4 is 12.0 Å². The number of hydrogen-bond acceptors (Lipinski definition) is 2. The summed E-state index contributed by atoms with van der Waals surface area (Å²) in [5, 5.41) is 0. The summed E-state index contributed by atoms with van der Waals surface area (Å²) in [5.41, 5.74) is 2.64. The van der Waals surface area contributed by atoms with Crippen LogP contribution >= 0.6 is 12.0 Å². The van der Waals surface area contributed by atoms with Gasteiger partial charge in [0.1, 0.15) is 5.75 Å². The molecule has 0 N–H and O–H groups in total. The summed E-state index contributed by atoms with van der Waals surface area (Å²) in [5.74, 6) is 0.906. The summed E-state index contributed by atoms with van der Waals surface area (Å²) in [6, 6.07) is 16.9. The summed E-state index contributed by atoms with van der Waals surface area (Å²) in [6.45, 7) is 4.32. The van der Waals surface area contributed by atoms with Crippen LogP contribution in [0.3, 0.4) is 0 Å². The maximum Gasteiger partial charge on any atom is 0.138 e. The first kappa shape index (κ1) is 16.0. The van der Waals surface area contributed by atoms with E-state index in [0.29, 0.717) is 0 Å². The first-order valence-electron chi connectivity index (χ1n) is 7.78. The smallest absolute Gasteiger partial charge is 0.138 e. The molecule has 0 aromatic heterocycles. The predicted molar refractivity (Wildman–Crippen MR) is 92.0 cm³/mol. The first-order chi connectivity index (χ1) is 10.3. The van der Waals surface area contributed by atoms with Crippen molar-refractivity contribution in [3.63, 3.8) is 0 Å². The van der Waals surface area contributed by atoms with E-state index >= 15 is 0 Å². The van der Waals surface area contributed by atoms with Crippen molar-refractivity contribution in [2.45, 2.75) is 50.8 Å². The minimum atomic E-state index is 0.906. The molecule has 0 heterocycles. The van der Waals surface area contributed by atoms with E-state index in [1.807, 2.05) is 12.1 Å². The topological polar surface area (TPSA) is 9.23 Å². The van der Waals surface area contributed by atoms with Crippen LogP contribution in [-0.2, 0) is 6.42 Å². The van der Waals surface area contributed by atoms with Crippen molar-refractivity contribution in [2.24, 2.45) is 0 Å². The van der Waals surface area contributed by atoms with Gasteiger partial charge in [0.15, 0.2) is 0 Å². The van der Waals surface area contributed by atoms with Gasteiger partial charge in [-0.25, -0.2) is 0 Å². The fourth-order valence-electron chi connectivity index (χ4n) is 2.23. The fourth-order valence-corrected chi connectivity index (χ4v) is 2.77. The molecule has 0 radical (unpaired) electrons. The van der Waals surface area contributed by atoms with Gasteiger partial charge in [0.25, 0.3) is 0 Å². The van der Waals surface area contributed by atoms with Gasteiger partial charge in [-0.05, 0) is 55.2 Å². The van der Waals surface area contributed by atoms with Crippen LogP contribution in [0.25, 0.3) is 0 Å². The van der Waals surface area contributed by atoms with Gasteiger partial charge in [-0.1, -0.05) is 50.5 Å². The van der Waals surface area contributed by atoms with E-state index in [4.69, 9.17) is 4.18 Å².